The van der Waals surface area contributed by atoms with Gasteiger partial charge in [0.05, 0.1) is 13.0 Å². The molecule has 0 saturated heterocycles. The Labute approximate surface area is 105 Å². The second-order valence-corrected chi connectivity index (χ2v) is 4.24. The van der Waals surface area contributed by atoms with E-state index in [-0.39, 0.29) is 11.4 Å². The molecule has 0 saturated carbocycles. The van der Waals surface area contributed by atoms with E-state index in [9.17, 15) is 15.0 Å². The van der Waals surface area contributed by atoms with Gasteiger partial charge in [0.15, 0.2) is 0 Å². The molecular formula is C12H15ClO4. The first kappa shape index (κ1) is 14.0. The number of methoxy groups -OCH3 is 1. The monoisotopic (exact) mass is 258 g/mol. The van der Waals surface area contributed by atoms with Crippen LogP contribution in [0.1, 0.15) is 12.5 Å². The Balaban J connectivity index is 3.35. The molecule has 17 heavy (non-hydrogen) atoms. The Bertz CT molecular complexity index is 391. The minimum atomic E-state index is -2.19. The third kappa shape index (κ3) is 2.29. The van der Waals surface area contributed by atoms with Crippen LogP contribution in [-0.4, -0.2) is 34.8 Å². The molecule has 5 heteroatoms. The molecule has 0 aliphatic heterocycles. The Hall–Kier alpha value is -1.10. The highest BCUT2D eigenvalue weighted by molar-refractivity contribution is 6.19. The zero-order valence-corrected chi connectivity index (χ0v) is 10.4. The molecule has 2 atom stereocenters. The van der Waals surface area contributed by atoms with Crippen molar-refractivity contribution in [1.29, 1.82) is 0 Å². The molecule has 1 aromatic rings. The van der Waals surface area contributed by atoms with E-state index in [4.69, 9.17) is 11.6 Å². The van der Waals surface area contributed by atoms with Crippen LogP contribution in [0.4, 0.5) is 0 Å². The van der Waals surface area contributed by atoms with Crippen LogP contribution in [0.2, 0.25) is 0 Å². The first-order valence-corrected chi connectivity index (χ1v) is 5.58. The van der Waals surface area contributed by atoms with Crippen LogP contribution >= 0.6 is 11.6 Å². The lowest BCUT2D eigenvalue weighted by atomic mass is 9.79. The maximum absolute atomic E-state index is 11.7. The number of carbonyl (C=O) groups excluding carboxylic acids is 1. The maximum atomic E-state index is 11.7. The summed E-state index contributed by atoms with van der Waals surface area (Å²) in [6.07, 6.45) is 0. The van der Waals surface area contributed by atoms with Crippen LogP contribution in [0.3, 0.4) is 0 Å². The second-order valence-electron chi connectivity index (χ2n) is 3.98. The van der Waals surface area contributed by atoms with E-state index in [1.54, 1.807) is 18.2 Å². The Kier molecular flexibility index (Phi) is 4.14. The third-order valence-corrected chi connectivity index (χ3v) is 3.23. The van der Waals surface area contributed by atoms with E-state index in [0.717, 1.165) is 7.11 Å². The van der Waals surface area contributed by atoms with Crippen LogP contribution in [0.15, 0.2) is 30.3 Å². The Morgan fingerprint density at radius 3 is 2.29 bits per heavy atom. The zero-order chi connectivity index (χ0) is 13.1. The molecule has 0 unspecified atom stereocenters. The number of esters is 1. The SMILES string of the molecule is COC(=O)[C@](O)(c1ccccc1)[C@@](C)(O)CCl. The van der Waals surface area contributed by atoms with E-state index in [1.807, 2.05) is 0 Å². The number of benzene rings is 1. The number of alkyl halides is 1. The molecule has 0 aliphatic carbocycles. The average Bonchev–Trinajstić information content (AvgIpc) is 2.37. The molecule has 0 spiro atoms. The number of ether oxygens (including phenoxy) is 1. The summed E-state index contributed by atoms with van der Waals surface area (Å²) < 4.78 is 4.55. The number of halogens is 1. The molecule has 0 bridgehead atoms. The lowest BCUT2D eigenvalue weighted by molar-refractivity contribution is -0.191. The van der Waals surface area contributed by atoms with E-state index < -0.39 is 17.2 Å². The van der Waals surface area contributed by atoms with E-state index in [0.29, 0.717) is 0 Å². The Morgan fingerprint density at radius 2 is 1.88 bits per heavy atom. The van der Waals surface area contributed by atoms with Gasteiger partial charge in [-0.2, -0.15) is 0 Å². The van der Waals surface area contributed by atoms with Crippen molar-refractivity contribution in [2.45, 2.75) is 18.1 Å². The van der Waals surface area contributed by atoms with Gasteiger partial charge in [-0.3, -0.25) is 0 Å². The summed E-state index contributed by atoms with van der Waals surface area (Å²) in [7, 11) is 1.14. The summed E-state index contributed by atoms with van der Waals surface area (Å²) in [6.45, 7) is 1.28. The topological polar surface area (TPSA) is 66.8 Å². The summed E-state index contributed by atoms with van der Waals surface area (Å²) >= 11 is 5.61. The molecule has 0 aromatic heterocycles. The fourth-order valence-corrected chi connectivity index (χ4v) is 1.77. The minimum Gasteiger partial charge on any atom is -0.467 e. The van der Waals surface area contributed by atoms with Crippen LogP contribution in [0, 0.1) is 0 Å². The third-order valence-electron chi connectivity index (χ3n) is 2.71. The molecule has 94 valence electrons. The van der Waals surface area contributed by atoms with Gasteiger partial charge in [-0.25, -0.2) is 4.79 Å². The van der Waals surface area contributed by atoms with Gasteiger partial charge >= 0.3 is 5.97 Å². The summed E-state index contributed by atoms with van der Waals surface area (Å²) in [5, 5.41) is 20.6. The first-order valence-electron chi connectivity index (χ1n) is 5.05. The summed E-state index contributed by atoms with van der Waals surface area (Å²) in [5.74, 6) is -1.26. The van der Waals surface area contributed by atoms with Crippen LogP contribution in [-0.2, 0) is 15.1 Å². The molecule has 0 radical (unpaired) electrons. The number of hydrogen-bond acceptors (Lipinski definition) is 4. The molecular weight excluding hydrogens is 244 g/mol. The highest BCUT2D eigenvalue weighted by Gasteiger charge is 2.54. The van der Waals surface area contributed by atoms with Gasteiger partial charge in [0.2, 0.25) is 5.60 Å². The highest BCUT2D eigenvalue weighted by Crippen LogP contribution is 2.35. The van der Waals surface area contributed by atoms with Crippen molar-refractivity contribution in [2.75, 3.05) is 13.0 Å². The maximum Gasteiger partial charge on any atom is 0.345 e. The zero-order valence-electron chi connectivity index (χ0n) is 9.68. The van der Waals surface area contributed by atoms with E-state index >= 15 is 0 Å². The van der Waals surface area contributed by atoms with Gasteiger partial charge in [0.1, 0.15) is 5.60 Å². The van der Waals surface area contributed by atoms with Crippen molar-refractivity contribution in [3.05, 3.63) is 35.9 Å². The van der Waals surface area contributed by atoms with Gasteiger partial charge in [-0.05, 0) is 12.5 Å². The number of aliphatic hydroxyl groups is 2. The smallest absolute Gasteiger partial charge is 0.345 e. The number of rotatable bonds is 4. The predicted molar refractivity (Wildman–Crippen MR) is 63.7 cm³/mol. The highest BCUT2D eigenvalue weighted by atomic mass is 35.5. The minimum absolute atomic E-state index is 0.234. The van der Waals surface area contributed by atoms with Gasteiger partial charge < -0.3 is 14.9 Å². The molecule has 0 aliphatic rings. The van der Waals surface area contributed by atoms with Crippen molar-refractivity contribution in [3.8, 4) is 0 Å². The Morgan fingerprint density at radius 1 is 1.35 bits per heavy atom. The normalized spacial score (nSPS) is 17.9. The predicted octanol–water partition coefficient (Wildman–Crippen LogP) is 1.04. The van der Waals surface area contributed by atoms with Gasteiger partial charge in [0, 0.05) is 0 Å². The fraction of sp³-hybridized carbons (Fsp3) is 0.417. The molecule has 2 N–H and O–H groups in total. The quantitative estimate of drug-likeness (QED) is 0.626. The van der Waals surface area contributed by atoms with Crippen molar-refractivity contribution in [3.63, 3.8) is 0 Å². The van der Waals surface area contributed by atoms with Crippen LogP contribution < -0.4 is 0 Å². The van der Waals surface area contributed by atoms with Gasteiger partial charge in [-0.1, -0.05) is 30.3 Å². The first-order chi connectivity index (χ1) is 7.90. The molecule has 0 amide bonds. The van der Waals surface area contributed by atoms with Crippen molar-refractivity contribution < 1.29 is 19.7 Å². The molecule has 0 fully saturated rings. The molecule has 0 heterocycles. The number of hydrogen-bond donors (Lipinski definition) is 2. The fourth-order valence-electron chi connectivity index (χ4n) is 1.57. The lowest BCUT2D eigenvalue weighted by Crippen LogP contribution is -2.56. The molecule has 1 aromatic carbocycles. The van der Waals surface area contributed by atoms with Crippen LogP contribution in [0.25, 0.3) is 0 Å². The standard InChI is InChI=1S/C12H15ClO4/c1-11(15,8-13)12(16,10(14)17-2)9-6-4-3-5-7-9/h3-7,15-16H,8H2,1-2H3/t11-,12+/m0/s1. The average molecular weight is 259 g/mol. The van der Waals surface area contributed by atoms with Crippen molar-refractivity contribution >= 4 is 17.6 Å². The van der Waals surface area contributed by atoms with E-state index in [1.165, 1.54) is 19.1 Å². The lowest BCUT2D eigenvalue weighted by Gasteiger charge is -2.37. The van der Waals surface area contributed by atoms with Crippen LogP contribution in [0.5, 0.6) is 0 Å². The molecule has 1 rings (SSSR count). The van der Waals surface area contributed by atoms with Gasteiger partial charge in [-0.15, -0.1) is 11.6 Å². The van der Waals surface area contributed by atoms with E-state index in [2.05, 4.69) is 4.74 Å². The summed E-state index contributed by atoms with van der Waals surface area (Å²) in [4.78, 5) is 11.7. The largest absolute Gasteiger partial charge is 0.467 e. The molecule has 4 nitrogen and oxygen atoms in total. The van der Waals surface area contributed by atoms with Gasteiger partial charge in [0.25, 0.3) is 0 Å². The number of carbonyl (C=O) groups is 1. The van der Waals surface area contributed by atoms with Crippen molar-refractivity contribution in [1.82, 2.24) is 0 Å². The van der Waals surface area contributed by atoms with Crippen molar-refractivity contribution in [2.24, 2.45) is 0 Å². The summed E-state index contributed by atoms with van der Waals surface area (Å²) in [6, 6.07) is 8.08. The summed E-state index contributed by atoms with van der Waals surface area (Å²) in [5.41, 5.74) is -3.79. The second kappa shape index (κ2) is 5.04.